The maximum Gasteiger partial charge on any atom is 0.192 e. The van der Waals surface area contributed by atoms with Crippen molar-refractivity contribution in [2.75, 3.05) is 0 Å². The van der Waals surface area contributed by atoms with Crippen molar-refractivity contribution >= 4 is 0 Å². The van der Waals surface area contributed by atoms with E-state index >= 15 is 0 Å². The number of oxazole rings is 1. The van der Waals surface area contributed by atoms with E-state index in [0.717, 1.165) is 22.9 Å². The molecule has 1 heterocycles. The van der Waals surface area contributed by atoms with Crippen molar-refractivity contribution in [2.45, 2.75) is 20.8 Å². The maximum atomic E-state index is 5.54. The Kier molecular flexibility index (Phi) is 2.12. The first-order chi connectivity index (χ1) is 6.66. The van der Waals surface area contributed by atoms with E-state index in [1.54, 1.807) is 0 Å². The van der Waals surface area contributed by atoms with Crippen LogP contribution in [0.4, 0.5) is 0 Å². The topological polar surface area (TPSA) is 26.0 Å². The number of nitrogens with zero attached hydrogens (tertiary/aromatic N) is 1. The molecule has 14 heavy (non-hydrogen) atoms. The van der Waals surface area contributed by atoms with Gasteiger partial charge in [-0.3, -0.25) is 0 Å². The molecule has 0 spiro atoms. The third-order valence-electron chi connectivity index (χ3n) is 2.18. The highest BCUT2D eigenvalue weighted by molar-refractivity contribution is 5.60. The summed E-state index contributed by atoms with van der Waals surface area (Å²) in [6, 6.07) is 8.25. The zero-order chi connectivity index (χ0) is 10.1. The van der Waals surface area contributed by atoms with Crippen molar-refractivity contribution in [3.63, 3.8) is 0 Å². The van der Waals surface area contributed by atoms with Crippen molar-refractivity contribution in [1.29, 1.82) is 0 Å². The first-order valence-electron chi connectivity index (χ1n) is 4.68. The molecule has 2 nitrogen and oxygen atoms in total. The van der Waals surface area contributed by atoms with Gasteiger partial charge in [0.15, 0.2) is 11.7 Å². The second-order valence-electron chi connectivity index (χ2n) is 3.52. The molecular formula is C12H13NO. The normalized spacial score (nSPS) is 10.5. The summed E-state index contributed by atoms with van der Waals surface area (Å²) in [5, 5.41) is 0. The number of rotatable bonds is 1. The summed E-state index contributed by atoms with van der Waals surface area (Å²) in [5.74, 6) is 1.60. The van der Waals surface area contributed by atoms with Crippen LogP contribution in [0.25, 0.3) is 11.3 Å². The van der Waals surface area contributed by atoms with Gasteiger partial charge < -0.3 is 4.42 Å². The van der Waals surface area contributed by atoms with Crippen LogP contribution < -0.4 is 0 Å². The Labute approximate surface area is 83.6 Å². The smallest absolute Gasteiger partial charge is 0.192 e. The molecule has 1 aromatic carbocycles. The van der Waals surface area contributed by atoms with Crippen LogP contribution >= 0.6 is 0 Å². The van der Waals surface area contributed by atoms with Crippen LogP contribution in [0.1, 0.15) is 17.1 Å². The Morgan fingerprint density at radius 2 is 1.93 bits per heavy atom. The van der Waals surface area contributed by atoms with E-state index in [1.807, 2.05) is 26.0 Å². The molecule has 1 aromatic heterocycles. The molecule has 0 unspecified atom stereocenters. The van der Waals surface area contributed by atoms with Crippen LogP contribution in [-0.2, 0) is 0 Å². The van der Waals surface area contributed by atoms with Crippen LogP contribution in [0.15, 0.2) is 28.7 Å². The third kappa shape index (κ3) is 1.55. The maximum absolute atomic E-state index is 5.54. The van der Waals surface area contributed by atoms with Gasteiger partial charge in [0.1, 0.15) is 0 Å². The summed E-state index contributed by atoms with van der Waals surface area (Å²) < 4.78 is 5.54. The summed E-state index contributed by atoms with van der Waals surface area (Å²) in [6.07, 6.45) is 0. The molecule has 0 atom stereocenters. The first kappa shape index (κ1) is 9.00. The highest BCUT2D eigenvalue weighted by Gasteiger charge is 2.08. The first-order valence-corrected chi connectivity index (χ1v) is 4.68. The SMILES string of the molecule is Cc1cccc(-c2oc(C)nc2C)c1. The Morgan fingerprint density at radius 3 is 2.50 bits per heavy atom. The Bertz CT molecular complexity index is 457. The van der Waals surface area contributed by atoms with Gasteiger partial charge in [-0.1, -0.05) is 23.8 Å². The second kappa shape index (κ2) is 3.29. The zero-order valence-electron chi connectivity index (χ0n) is 8.66. The summed E-state index contributed by atoms with van der Waals surface area (Å²) in [5.41, 5.74) is 3.28. The van der Waals surface area contributed by atoms with Gasteiger partial charge in [-0.2, -0.15) is 0 Å². The molecule has 0 aliphatic carbocycles. The largest absolute Gasteiger partial charge is 0.441 e. The average molecular weight is 187 g/mol. The van der Waals surface area contributed by atoms with Crippen LogP contribution in [0, 0.1) is 20.8 Å². The molecule has 2 rings (SSSR count). The lowest BCUT2D eigenvalue weighted by atomic mass is 10.1. The van der Waals surface area contributed by atoms with Crippen LogP contribution in [-0.4, -0.2) is 4.98 Å². The van der Waals surface area contributed by atoms with Gasteiger partial charge in [0.05, 0.1) is 5.69 Å². The van der Waals surface area contributed by atoms with Gasteiger partial charge in [0.25, 0.3) is 0 Å². The van der Waals surface area contributed by atoms with E-state index in [9.17, 15) is 0 Å². The summed E-state index contributed by atoms with van der Waals surface area (Å²) in [4.78, 5) is 4.25. The van der Waals surface area contributed by atoms with E-state index in [2.05, 4.69) is 24.0 Å². The standard InChI is InChI=1S/C12H13NO/c1-8-5-4-6-11(7-8)12-9(2)13-10(3)14-12/h4-7H,1-3H3. The molecule has 0 N–H and O–H groups in total. The molecule has 0 saturated carbocycles. The number of hydrogen-bond donors (Lipinski definition) is 0. The molecule has 2 aromatic rings. The molecule has 0 bridgehead atoms. The van der Waals surface area contributed by atoms with E-state index in [0.29, 0.717) is 0 Å². The lowest BCUT2D eigenvalue weighted by molar-refractivity contribution is 0.534. The number of hydrogen-bond acceptors (Lipinski definition) is 2. The van der Waals surface area contributed by atoms with Gasteiger partial charge >= 0.3 is 0 Å². The van der Waals surface area contributed by atoms with Gasteiger partial charge in [0, 0.05) is 12.5 Å². The lowest BCUT2D eigenvalue weighted by Gasteiger charge is -1.98. The van der Waals surface area contributed by atoms with Gasteiger partial charge in [-0.25, -0.2) is 4.98 Å². The van der Waals surface area contributed by atoms with E-state index in [4.69, 9.17) is 4.42 Å². The molecule has 0 fully saturated rings. The predicted molar refractivity (Wildman–Crippen MR) is 56.2 cm³/mol. The average Bonchev–Trinajstić information content (AvgIpc) is 2.45. The van der Waals surface area contributed by atoms with Gasteiger partial charge in [0.2, 0.25) is 0 Å². The van der Waals surface area contributed by atoms with Gasteiger partial charge in [-0.15, -0.1) is 0 Å². The summed E-state index contributed by atoms with van der Waals surface area (Å²) in [7, 11) is 0. The lowest BCUT2D eigenvalue weighted by Crippen LogP contribution is -1.79. The van der Waals surface area contributed by atoms with Crippen LogP contribution in [0.5, 0.6) is 0 Å². The Balaban J connectivity index is 2.54. The number of benzene rings is 1. The predicted octanol–water partition coefficient (Wildman–Crippen LogP) is 3.27. The zero-order valence-corrected chi connectivity index (χ0v) is 8.66. The molecule has 0 radical (unpaired) electrons. The van der Waals surface area contributed by atoms with Crippen molar-refractivity contribution in [3.05, 3.63) is 41.4 Å². The molecule has 0 saturated heterocycles. The fourth-order valence-corrected chi connectivity index (χ4v) is 1.59. The van der Waals surface area contributed by atoms with Crippen molar-refractivity contribution in [2.24, 2.45) is 0 Å². The van der Waals surface area contributed by atoms with Crippen molar-refractivity contribution in [1.82, 2.24) is 4.98 Å². The fourth-order valence-electron chi connectivity index (χ4n) is 1.59. The van der Waals surface area contributed by atoms with Crippen LogP contribution in [0.3, 0.4) is 0 Å². The Hall–Kier alpha value is -1.57. The minimum atomic E-state index is 0.721. The fraction of sp³-hybridized carbons (Fsp3) is 0.250. The highest BCUT2D eigenvalue weighted by atomic mass is 16.4. The van der Waals surface area contributed by atoms with Crippen molar-refractivity contribution < 1.29 is 4.42 Å². The molecule has 2 heteroatoms. The van der Waals surface area contributed by atoms with E-state index in [1.165, 1.54) is 5.56 Å². The highest BCUT2D eigenvalue weighted by Crippen LogP contribution is 2.24. The number of aromatic nitrogens is 1. The summed E-state index contributed by atoms with van der Waals surface area (Å²) >= 11 is 0. The quantitative estimate of drug-likeness (QED) is 0.684. The van der Waals surface area contributed by atoms with E-state index < -0.39 is 0 Å². The number of aryl methyl sites for hydroxylation is 3. The summed E-state index contributed by atoms with van der Waals surface area (Å²) in [6.45, 7) is 5.91. The molecule has 0 amide bonds. The van der Waals surface area contributed by atoms with Crippen molar-refractivity contribution in [3.8, 4) is 11.3 Å². The second-order valence-corrected chi connectivity index (χ2v) is 3.52. The minimum Gasteiger partial charge on any atom is -0.441 e. The molecule has 0 aliphatic rings. The van der Waals surface area contributed by atoms with Gasteiger partial charge in [-0.05, 0) is 19.9 Å². The van der Waals surface area contributed by atoms with E-state index in [-0.39, 0.29) is 0 Å². The Morgan fingerprint density at radius 1 is 1.14 bits per heavy atom. The molecule has 72 valence electrons. The molecular weight excluding hydrogens is 174 g/mol. The monoisotopic (exact) mass is 187 g/mol. The van der Waals surface area contributed by atoms with Crippen LogP contribution in [0.2, 0.25) is 0 Å². The third-order valence-corrected chi connectivity index (χ3v) is 2.18. The molecule has 0 aliphatic heterocycles. The minimum absolute atomic E-state index is 0.721.